The van der Waals surface area contributed by atoms with Crippen LogP contribution in [0.2, 0.25) is 0 Å². The lowest BCUT2D eigenvalue weighted by Gasteiger charge is -2.19. The van der Waals surface area contributed by atoms with Crippen LogP contribution < -0.4 is 10.1 Å². The number of methoxy groups -OCH3 is 1. The molecule has 3 aromatic carbocycles. The minimum absolute atomic E-state index is 0.0829. The number of benzene rings is 3. The molecule has 0 bridgehead atoms. The minimum Gasteiger partial charge on any atom is -0.497 e. The fourth-order valence-electron chi connectivity index (χ4n) is 3.52. The number of aromatic nitrogens is 1. The van der Waals surface area contributed by atoms with Crippen LogP contribution in [0.3, 0.4) is 0 Å². The fraction of sp³-hybridized carbons (Fsp3) is 0.130. The van der Waals surface area contributed by atoms with Gasteiger partial charge < -0.3 is 14.6 Å². The summed E-state index contributed by atoms with van der Waals surface area (Å²) < 4.78 is 9.75. The average molecular weight is 500 g/mol. The van der Waals surface area contributed by atoms with Gasteiger partial charge in [-0.15, -0.1) is 6.58 Å². The molecule has 1 atom stereocenters. The van der Waals surface area contributed by atoms with Gasteiger partial charge in [-0.05, 0) is 60.7 Å². The second-order valence-electron chi connectivity index (χ2n) is 6.65. The number of nitrogens with zero attached hydrogens (tertiary/aromatic N) is 1. The first kappa shape index (κ1) is 19.1. The van der Waals surface area contributed by atoms with Crippen molar-refractivity contribution >= 4 is 59.4 Å². The first-order valence-electron chi connectivity index (χ1n) is 8.99. The van der Waals surface area contributed by atoms with E-state index in [1.165, 1.54) is 21.8 Å². The van der Waals surface area contributed by atoms with Gasteiger partial charge in [0.15, 0.2) is 0 Å². The molecule has 5 heteroatoms. The Morgan fingerprint density at radius 1 is 0.964 bits per heavy atom. The van der Waals surface area contributed by atoms with Crippen molar-refractivity contribution in [2.75, 3.05) is 12.4 Å². The molecular weight excluding hydrogens is 480 g/mol. The summed E-state index contributed by atoms with van der Waals surface area (Å²) in [5, 5.41) is 6.03. The third-order valence-corrected chi connectivity index (χ3v) is 5.88. The van der Waals surface area contributed by atoms with Gasteiger partial charge >= 0.3 is 0 Å². The van der Waals surface area contributed by atoms with Crippen LogP contribution in [-0.2, 0) is 6.54 Å². The van der Waals surface area contributed by atoms with E-state index in [1.807, 2.05) is 30.3 Å². The van der Waals surface area contributed by atoms with Gasteiger partial charge in [0.25, 0.3) is 0 Å². The smallest absolute Gasteiger partial charge is 0.119 e. The van der Waals surface area contributed by atoms with Crippen molar-refractivity contribution in [3.8, 4) is 5.75 Å². The summed E-state index contributed by atoms with van der Waals surface area (Å²) in [5.74, 6) is 0.847. The molecule has 0 aliphatic carbocycles. The number of halogens is 2. The molecule has 28 heavy (non-hydrogen) atoms. The van der Waals surface area contributed by atoms with Crippen molar-refractivity contribution in [1.29, 1.82) is 0 Å². The summed E-state index contributed by atoms with van der Waals surface area (Å²) in [6.45, 7) is 4.82. The third-order valence-electron chi connectivity index (χ3n) is 4.89. The van der Waals surface area contributed by atoms with Gasteiger partial charge in [0.1, 0.15) is 5.75 Å². The van der Waals surface area contributed by atoms with Gasteiger partial charge in [-0.1, -0.05) is 37.9 Å². The van der Waals surface area contributed by atoms with Crippen molar-refractivity contribution in [1.82, 2.24) is 4.57 Å². The van der Waals surface area contributed by atoms with Crippen molar-refractivity contribution in [2.45, 2.75) is 12.6 Å². The Kier molecular flexibility index (Phi) is 5.47. The molecule has 4 aromatic rings. The molecule has 1 heterocycles. The number of nitrogens with one attached hydrogen (secondary N) is 1. The molecule has 0 fully saturated rings. The Labute approximate surface area is 181 Å². The van der Waals surface area contributed by atoms with E-state index in [0.29, 0.717) is 0 Å². The van der Waals surface area contributed by atoms with Crippen molar-refractivity contribution in [3.05, 3.63) is 82.3 Å². The lowest BCUT2D eigenvalue weighted by Crippen LogP contribution is -2.23. The summed E-state index contributed by atoms with van der Waals surface area (Å²) in [5.41, 5.74) is 3.45. The van der Waals surface area contributed by atoms with E-state index in [1.54, 1.807) is 7.11 Å². The van der Waals surface area contributed by atoms with Crippen LogP contribution in [-0.4, -0.2) is 17.7 Å². The van der Waals surface area contributed by atoms with E-state index in [0.717, 1.165) is 26.9 Å². The number of ether oxygens (including phenoxy) is 1. The van der Waals surface area contributed by atoms with Gasteiger partial charge in [0.05, 0.1) is 13.2 Å². The highest BCUT2D eigenvalue weighted by Gasteiger charge is 2.14. The Morgan fingerprint density at radius 3 is 2.04 bits per heavy atom. The molecule has 0 radical (unpaired) electrons. The standard InChI is InChI=1S/C23H20Br2N2O/c1-3-17(26-18-6-8-19(28-2)9-7-18)14-27-22-10-4-15(24)12-20(22)21-13-16(25)5-11-23(21)27/h3-13,17,26H,1,14H2,2H3/t17-/m0/s1. The first-order chi connectivity index (χ1) is 13.6. The van der Waals surface area contributed by atoms with Crippen LogP contribution in [0.4, 0.5) is 5.69 Å². The fourth-order valence-corrected chi connectivity index (χ4v) is 4.24. The normalized spacial score (nSPS) is 12.2. The van der Waals surface area contributed by atoms with E-state index < -0.39 is 0 Å². The first-order valence-corrected chi connectivity index (χ1v) is 10.6. The molecule has 0 aliphatic rings. The summed E-state index contributed by atoms with van der Waals surface area (Å²) in [6, 6.07) is 20.9. The van der Waals surface area contributed by atoms with Crippen molar-refractivity contribution in [3.63, 3.8) is 0 Å². The zero-order chi connectivity index (χ0) is 19.7. The monoisotopic (exact) mass is 498 g/mol. The average Bonchev–Trinajstić information content (AvgIpc) is 3.00. The van der Waals surface area contributed by atoms with Crippen molar-refractivity contribution < 1.29 is 4.74 Å². The SMILES string of the molecule is C=C[C@@H](Cn1c2ccc(Br)cc2c2cc(Br)ccc21)Nc1ccc(OC)cc1. The zero-order valence-electron chi connectivity index (χ0n) is 15.5. The molecule has 142 valence electrons. The summed E-state index contributed by atoms with van der Waals surface area (Å²) in [6.07, 6.45) is 1.96. The Balaban J connectivity index is 1.73. The van der Waals surface area contributed by atoms with Crippen LogP contribution in [0.5, 0.6) is 5.75 Å². The molecule has 3 nitrogen and oxygen atoms in total. The molecular formula is C23H20Br2N2O. The Morgan fingerprint density at radius 2 is 1.54 bits per heavy atom. The maximum absolute atomic E-state index is 5.24. The number of anilines is 1. The number of hydrogen-bond acceptors (Lipinski definition) is 2. The highest BCUT2D eigenvalue weighted by atomic mass is 79.9. The van der Waals surface area contributed by atoms with E-state index in [4.69, 9.17) is 4.74 Å². The van der Waals surface area contributed by atoms with Gasteiger partial charge in [-0.3, -0.25) is 0 Å². The van der Waals surface area contributed by atoms with Gasteiger partial charge in [0.2, 0.25) is 0 Å². The van der Waals surface area contributed by atoms with E-state index in [-0.39, 0.29) is 6.04 Å². The highest BCUT2D eigenvalue weighted by molar-refractivity contribution is 9.10. The lowest BCUT2D eigenvalue weighted by atomic mass is 10.2. The predicted molar refractivity (Wildman–Crippen MR) is 125 cm³/mol. The highest BCUT2D eigenvalue weighted by Crippen LogP contribution is 2.33. The molecule has 1 aromatic heterocycles. The Bertz CT molecular complexity index is 1090. The van der Waals surface area contributed by atoms with E-state index in [2.05, 4.69) is 84.7 Å². The minimum atomic E-state index is 0.0829. The summed E-state index contributed by atoms with van der Waals surface area (Å²) in [7, 11) is 1.67. The zero-order valence-corrected chi connectivity index (χ0v) is 18.6. The quantitative estimate of drug-likeness (QED) is 0.289. The maximum Gasteiger partial charge on any atom is 0.119 e. The number of rotatable bonds is 6. The molecule has 0 spiro atoms. The van der Waals surface area contributed by atoms with Crippen LogP contribution in [0.1, 0.15) is 0 Å². The summed E-state index contributed by atoms with van der Waals surface area (Å²) >= 11 is 7.21. The molecule has 1 N–H and O–H groups in total. The van der Waals surface area contributed by atoms with Gasteiger partial charge in [-0.2, -0.15) is 0 Å². The van der Waals surface area contributed by atoms with Crippen LogP contribution in [0, 0.1) is 0 Å². The molecule has 0 aliphatic heterocycles. The van der Waals surface area contributed by atoms with Crippen LogP contribution in [0.25, 0.3) is 21.8 Å². The lowest BCUT2D eigenvalue weighted by molar-refractivity contribution is 0.415. The van der Waals surface area contributed by atoms with Crippen LogP contribution >= 0.6 is 31.9 Å². The molecule has 0 amide bonds. The van der Waals surface area contributed by atoms with E-state index >= 15 is 0 Å². The number of hydrogen-bond donors (Lipinski definition) is 1. The third kappa shape index (κ3) is 3.69. The largest absolute Gasteiger partial charge is 0.497 e. The van der Waals surface area contributed by atoms with E-state index in [9.17, 15) is 0 Å². The number of fused-ring (bicyclic) bond motifs is 3. The van der Waals surface area contributed by atoms with Gasteiger partial charge in [-0.25, -0.2) is 0 Å². The van der Waals surface area contributed by atoms with Gasteiger partial charge in [0, 0.05) is 43.0 Å². The second-order valence-corrected chi connectivity index (χ2v) is 8.48. The second kappa shape index (κ2) is 8.02. The molecule has 4 rings (SSSR count). The predicted octanol–water partition coefficient (Wildman–Crippen LogP) is 6.99. The molecule has 0 unspecified atom stereocenters. The molecule has 0 saturated carbocycles. The Hall–Kier alpha value is -2.24. The van der Waals surface area contributed by atoms with Crippen molar-refractivity contribution in [2.24, 2.45) is 0 Å². The van der Waals surface area contributed by atoms with Crippen LogP contribution in [0.15, 0.2) is 82.3 Å². The topological polar surface area (TPSA) is 26.2 Å². The maximum atomic E-state index is 5.24. The summed E-state index contributed by atoms with van der Waals surface area (Å²) in [4.78, 5) is 0. The molecule has 0 saturated heterocycles.